The van der Waals surface area contributed by atoms with Gasteiger partial charge in [0.1, 0.15) is 11.3 Å². The molecule has 0 aliphatic carbocycles. The number of fused-ring (bicyclic) bond motifs is 1. The van der Waals surface area contributed by atoms with E-state index in [1.54, 1.807) is 6.07 Å². The summed E-state index contributed by atoms with van der Waals surface area (Å²) < 4.78 is 15.7. The van der Waals surface area contributed by atoms with E-state index < -0.39 is 0 Å². The largest absolute Gasteiger partial charge is 0.324 e. The van der Waals surface area contributed by atoms with Gasteiger partial charge in [-0.3, -0.25) is 0 Å². The van der Waals surface area contributed by atoms with Crippen LogP contribution in [0.15, 0.2) is 18.2 Å². The van der Waals surface area contributed by atoms with Crippen LogP contribution in [-0.4, -0.2) is 9.55 Å². The van der Waals surface area contributed by atoms with Gasteiger partial charge in [-0.1, -0.05) is 13.0 Å². The minimum absolute atomic E-state index is 0.226. The number of halogens is 2. The van der Waals surface area contributed by atoms with Crippen LogP contribution >= 0.6 is 11.6 Å². The Labute approximate surface area is 105 Å². The monoisotopic (exact) mass is 254 g/mol. The van der Waals surface area contributed by atoms with E-state index in [1.807, 2.05) is 17.6 Å². The molecule has 0 fully saturated rings. The summed E-state index contributed by atoms with van der Waals surface area (Å²) in [6.07, 6.45) is 0.957. The van der Waals surface area contributed by atoms with Crippen LogP contribution in [0.2, 0.25) is 0 Å². The van der Waals surface area contributed by atoms with Crippen molar-refractivity contribution in [2.24, 2.45) is 0 Å². The summed E-state index contributed by atoms with van der Waals surface area (Å²) in [5.74, 6) is 0.448. The Balaban J connectivity index is 2.76. The van der Waals surface area contributed by atoms with Crippen LogP contribution in [0.3, 0.4) is 0 Å². The molecule has 0 bridgehead atoms. The first-order valence-corrected chi connectivity index (χ1v) is 6.30. The van der Waals surface area contributed by atoms with Crippen molar-refractivity contribution in [1.82, 2.24) is 9.55 Å². The zero-order valence-corrected chi connectivity index (χ0v) is 11.0. The fraction of sp³-hybridized carbons (Fsp3) is 0.462. The van der Waals surface area contributed by atoms with Crippen molar-refractivity contribution < 1.29 is 4.39 Å². The number of hydrogen-bond acceptors (Lipinski definition) is 1. The lowest BCUT2D eigenvalue weighted by molar-refractivity contribution is 0.522. The molecule has 0 aliphatic heterocycles. The van der Waals surface area contributed by atoms with Gasteiger partial charge in [-0.05, 0) is 32.4 Å². The predicted octanol–water partition coefficient (Wildman–Crippen LogP) is 4.45. The molecule has 2 unspecified atom stereocenters. The Morgan fingerprint density at radius 1 is 1.41 bits per heavy atom. The van der Waals surface area contributed by atoms with Gasteiger partial charge in [0.15, 0.2) is 5.82 Å². The molecule has 1 aromatic heterocycles. The van der Waals surface area contributed by atoms with Gasteiger partial charge in [0.25, 0.3) is 0 Å². The molecule has 2 rings (SSSR count). The van der Waals surface area contributed by atoms with Crippen molar-refractivity contribution >= 4 is 22.6 Å². The predicted molar refractivity (Wildman–Crippen MR) is 69.0 cm³/mol. The molecule has 4 heteroatoms. The van der Waals surface area contributed by atoms with Crippen LogP contribution in [-0.2, 0) is 0 Å². The van der Waals surface area contributed by atoms with Crippen LogP contribution in [0, 0.1) is 5.82 Å². The summed E-state index contributed by atoms with van der Waals surface area (Å²) in [4.78, 5) is 4.34. The molecule has 17 heavy (non-hydrogen) atoms. The number of para-hydroxylation sites is 1. The minimum Gasteiger partial charge on any atom is -0.324 e. The third kappa shape index (κ3) is 2.04. The highest BCUT2D eigenvalue weighted by Gasteiger charge is 2.19. The second-order valence-electron chi connectivity index (χ2n) is 4.32. The van der Waals surface area contributed by atoms with Crippen LogP contribution in [0.4, 0.5) is 4.39 Å². The Bertz CT molecular complexity index is 533. The minimum atomic E-state index is -0.289. The molecule has 0 saturated heterocycles. The molecule has 2 nitrogen and oxygen atoms in total. The maximum atomic E-state index is 13.7. The maximum Gasteiger partial charge on any atom is 0.151 e. The SMILES string of the molecule is CCC(C)n1c(C(C)Cl)nc2c(F)cccc21. The lowest BCUT2D eigenvalue weighted by Gasteiger charge is -2.16. The molecule has 1 heterocycles. The van der Waals surface area contributed by atoms with Gasteiger partial charge in [-0.25, -0.2) is 9.37 Å². The summed E-state index contributed by atoms with van der Waals surface area (Å²) in [5.41, 5.74) is 1.23. The van der Waals surface area contributed by atoms with Crippen molar-refractivity contribution in [3.05, 3.63) is 29.8 Å². The number of benzene rings is 1. The maximum absolute atomic E-state index is 13.7. The Kier molecular flexibility index (Phi) is 3.38. The highest BCUT2D eigenvalue weighted by atomic mass is 35.5. The topological polar surface area (TPSA) is 17.8 Å². The van der Waals surface area contributed by atoms with Crippen LogP contribution in [0.1, 0.15) is 44.4 Å². The fourth-order valence-corrected chi connectivity index (χ4v) is 2.18. The molecule has 92 valence electrons. The standard InChI is InChI=1S/C13H16ClFN2/c1-4-8(2)17-11-7-5-6-10(15)12(11)16-13(17)9(3)14/h5-9H,4H2,1-3H3. The second kappa shape index (κ2) is 4.65. The van der Waals surface area contributed by atoms with Crippen molar-refractivity contribution in [3.8, 4) is 0 Å². The number of aromatic nitrogens is 2. The number of alkyl halides is 1. The number of nitrogens with zero attached hydrogens (tertiary/aromatic N) is 2. The molecule has 2 aromatic rings. The van der Waals surface area contributed by atoms with Gasteiger partial charge < -0.3 is 4.57 Å². The molecule has 2 atom stereocenters. The first-order valence-electron chi connectivity index (χ1n) is 5.86. The Morgan fingerprint density at radius 2 is 2.12 bits per heavy atom. The zero-order valence-electron chi connectivity index (χ0n) is 10.2. The highest BCUT2D eigenvalue weighted by molar-refractivity contribution is 6.20. The highest BCUT2D eigenvalue weighted by Crippen LogP contribution is 2.30. The van der Waals surface area contributed by atoms with Crippen LogP contribution in [0.5, 0.6) is 0 Å². The summed E-state index contributed by atoms with van der Waals surface area (Å²) >= 11 is 6.13. The van der Waals surface area contributed by atoms with E-state index in [0.717, 1.165) is 17.8 Å². The van der Waals surface area contributed by atoms with Gasteiger partial charge in [-0.15, -0.1) is 11.6 Å². The van der Waals surface area contributed by atoms with E-state index in [0.29, 0.717) is 5.52 Å². The smallest absolute Gasteiger partial charge is 0.151 e. The average Bonchev–Trinajstić information content (AvgIpc) is 2.69. The van der Waals surface area contributed by atoms with Crippen molar-refractivity contribution in [2.75, 3.05) is 0 Å². The number of rotatable bonds is 3. The summed E-state index contributed by atoms with van der Waals surface area (Å²) in [6.45, 7) is 6.05. The van der Waals surface area contributed by atoms with Crippen molar-refractivity contribution in [2.45, 2.75) is 38.6 Å². The van der Waals surface area contributed by atoms with Crippen molar-refractivity contribution in [1.29, 1.82) is 0 Å². The van der Waals surface area contributed by atoms with E-state index in [2.05, 4.69) is 18.8 Å². The van der Waals surface area contributed by atoms with E-state index >= 15 is 0 Å². The van der Waals surface area contributed by atoms with Gasteiger partial charge in [-0.2, -0.15) is 0 Å². The van der Waals surface area contributed by atoms with Crippen LogP contribution in [0.25, 0.3) is 11.0 Å². The quantitative estimate of drug-likeness (QED) is 0.740. The second-order valence-corrected chi connectivity index (χ2v) is 4.98. The summed E-state index contributed by atoms with van der Waals surface area (Å²) in [5, 5.41) is -0.226. The van der Waals surface area contributed by atoms with E-state index in [1.165, 1.54) is 6.07 Å². The van der Waals surface area contributed by atoms with E-state index in [-0.39, 0.29) is 17.2 Å². The van der Waals surface area contributed by atoms with Crippen molar-refractivity contribution in [3.63, 3.8) is 0 Å². The molecule has 0 saturated carbocycles. The molecule has 0 spiro atoms. The van der Waals surface area contributed by atoms with Gasteiger partial charge in [0, 0.05) is 6.04 Å². The normalized spacial score (nSPS) is 15.1. The Morgan fingerprint density at radius 3 is 2.71 bits per heavy atom. The summed E-state index contributed by atoms with van der Waals surface area (Å²) in [7, 11) is 0. The van der Waals surface area contributed by atoms with Gasteiger partial charge >= 0.3 is 0 Å². The molecule has 1 aromatic carbocycles. The lowest BCUT2D eigenvalue weighted by atomic mass is 10.2. The molecule has 0 amide bonds. The van der Waals surface area contributed by atoms with Gasteiger partial charge in [0.05, 0.1) is 10.9 Å². The van der Waals surface area contributed by atoms with Gasteiger partial charge in [0.2, 0.25) is 0 Å². The lowest BCUT2D eigenvalue weighted by Crippen LogP contribution is -2.08. The fourth-order valence-electron chi connectivity index (χ4n) is 2.03. The third-order valence-electron chi connectivity index (χ3n) is 3.09. The summed E-state index contributed by atoms with van der Waals surface area (Å²) in [6, 6.07) is 5.29. The number of imidazole rings is 1. The first-order chi connectivity index (χ1) is 8.06. The number of hydrogen-bond donors (Lipinski definition) is 0. The third-order valence-corrected chi connectivity index (χ3v) is 3.28. The first kappa shape index (κ1) is 12.4. The molecule has 0 radical (unpaired) electrons. The molecular weight excluding hydrogens is 239 g/mol. The zero-order chi connectivity index (χ0) is 12.6. The van der Waals surface area contributed by atoms with E-state index in [9.17, 15) is 4.39 Å². The molecular formula is C13H16ClFN2. The Hall–Kier alpha value is -1.09. The average molecular weight is 255 g/mol. The van der Waals surface area contributed by atoms with Crippen LogP contribution < -0.4 is 0 Å². The van der Waals surface area contributed by atoms with E-state index in [4.69, 9.17) is 11.6 Å². The molecule has 0 N–H and O–H groups in total. The molecule has 0 aliphatic rings.